The summed E-state index contributed by atoms with van der Waals surface area (Å²) in [4.78, 5) is 4.46. The lowest BCUT2D eigenvalue weighted by Gasteiger charge is -2.14. The van der Waals surface area contributed by atoms with Crippen molar-refractivity contribution in [3.63, 3.8) is 0 Å². The van der Waals surface area contributed by atoms with E-state index >= 15 is 0 Å². The van der Waals surface area contributed by atoms with E-state index in [1.165, 1.54) is 19.3 Å². The molecule has 1 heterocycles. The van der Waals surface area contributed by atoms with Gasteiger partial charge in [0.25, 0.3) is 0 Å². The van der Waals surface area contributed by atoms with Crippen molar-refractivity contribution in [1.29, 1.82) is 5.26 Å². The number of aromatic nitrogens is 1. The number of rotatable bonds is 7. The van der Waals surface area contributed by atoms with Crippen molar-refractivity contribution < 1.29 is 0 Å². The number of halogens is 1. The number of hydrogen-bond donors (Lipinski definition) is 0. The second-order valence-corrected chi connectivity index (χ2v) is 5.85. The van der Waals surface area contributed by atoms with Crippen LogP contribution >= 0.6 is 11.6 Å². The molecule has 0 amide bonds. The fraction of sp³-hybridized carbons (Fsp3) is 0.368. The van der Waals surface area contributed by atoms with Crippen molar-refractivity contribution in [2.75, 3.05) is 0 Å². The summed E-state index contributed by atoms with van der Waals surface area (Å²) in [6.07, 6.45) is 5.75. The molecule has 1 unspecified atom stereocenters. The Morgan fingerprint density at radius 3 is 2.55 bits per heavy atom. The fourth-order valence-corrected chi connectivity index (χ4v) is 2.78. The first-order valence-electron chi connectivity index (χ1n) is 7.86. The molecule has 0 fully saturated rings. The zero-order valence-corrected chi connectivity index (χ0v) is 13.7. The predicted octanol–water partition coefficient (Wildman–Crippen LogP) is 5.51. The zero-order chi connectivity index (χ0) is 15.8. The highest BCUT2D eigenvalue weighted by Crippen LogP contribution is 2.27. The van der Waals surface area contributed by atoms with Crippen LogP contribution in [-0.2, 0) is 6.42 Å². The molecular weight excluding hydrogens is 292 g/mol. The molecule has 0 bridgehead atoms. The number of benzene rings is 1. The van der Waals surface area contributed by atoms with Gasteiger partial charge < -0.3 is 0 Å². The second kappa shape index (κ2) is 8.56. The molecule has 1 aromatic carbocycles. The summed E-state index contributed by atoms with van der Waals surface area (Å²) in [5.74, 6) is -0.360. The topological polar surface area (TPSA) is 36.7 Å². The van der Waals surface area contributed by atoms with Gasteiger partial charge >= 0.3 is 0 Å². The van der Waals surface area contributed by atoms with Gasteiger partial charge in [-0.1, -0.05) is 74.2 Å². The monoisotopic (exact) mass is 312 g/mol. The third kappa shape index (κ3) is 4.32. The van der Waals surface area contributed by atoms with Gasteiger partial charge in [-0.25, -0.2) is 4.98 Å². The van der Waals surface area contributed by atoms with E-state index in [4.69, 9.17) is 11.6 Å². The summed E-state index contributed by atoms with van der Waals surface area (Å²) in [5, 5.41) is 10.1. The molecule has 114 valence electrons. The molecule has 2 nitrogen and oxygen atoms in total. The lowest BCUT2D eigenvalue weighted by atomic mass is 9.91. The van der Waals surface area contributed by atoms with Crippen molar-refractivity contribution in [3.05, 3.63) is 64.4 Å². The summed E-state index contributed by atoms with van der Waals surface area (Å²) < 4.78 is 0. The van der Waals surface area contributed by atoms with Crippen molar-refractivity contribution in [1.82, 2.24) is 4.98 Å². The fourth-order valence-electron chi connectivity index (χ4n) is 2.62. The Kier molecular flexibility index (Phi) is 6.43. The molecule has 0 N–H and O–H groups in total. The average molecular weight is 313 g/mol. The number of aryl methyl sites for hydroxylation is 1. The molecule has 0 aliphatic carbocycles. The molecule has 0 spiro atoms. The first kappa shape index (κ1) is 16.5. The van der Waals surface area contributed by atoms with Gasteiger partial charge in [0.05, 0.1) is 11.8 Å². The van der Waals surface area contributed by atoms with E-state index in [2.05, 4.69) is 18.0 Å². The lowest BCUT2D eigenvalue weighted by molar-refractivity contribution is 0.662. The minimum absolute atomic E-state index is 0.360. The van der Waals surface area contributed by atoms with Crippen LogP contribution < -0.4 is 0 Å². The van der Waals surface area contributed by atoms with E-state index in [9.17, 15) is 5.26 Å². The minimum Gasteiger partial charge on any atom is -0.239 e. The molecule has 3 heteroatoms. The van der Waals surface area contributed by atoms with Gasteiger partial charge in [-0.2, -0.15) is 5.26 Å². The summed E-state index contributed by atoms with van der Waals surface area (Å²) >= 11 is 6.07. The third-order valence-electron chi connectivity index (χ3n) is 3.81. The smallest absolute Gasteiger partial charge is 0.129 e. The number of pyridine rings is 1. The number of hydrogen-bond acceptors (Lipinski definition) is 2. The molecule has 22 heavy (non-hydrogen) atoms. The van der Waals surface area contributed by atoms with Gasteiger partial charge in [-0.3, -0.25) is 0 Å². The molecule has 1 aromatic heterocycles. The minimum atomic E-state index is -0.360. The SMILES string of the molecule is CCCCCCc1ccc(Cl)nc1C(C#N)c1ccccc1. The maximum absolute atomic E-state index is 9.62. The van der Waals surface area contributed by atoms with Crippen molar-refractivity contribution in [2.24, 2.45) is 0 Å². The first-order valence-corrected chi connectivity index (χ1v) is 8.24. The van der Waals surface area contributed by atoms with Crippen LogP contribution in [0.4, 0.5) is 0 Å². The maximum atomic E-state index is 9.62. The molecule has 0 aliphatic rings. The van der Waals surface area contributed by atoms with E-state index in [1.807, 2.05) is 42.5 Å². The van der Waals surface area contributed by atoms with Gasteiger partial charge in [0.1, 0.15) is 11.1 Å². The molecule has 0 saturated carbocycles. The van der Waals surface area contributed by atoms with Crippen LogP contribution in [0, 0.1) is 11.3 Å². The maximum Gasteiger partial charge on any atom is 0.129 e. The zero-order valence-electron chi connectivity index (χ0n) is 12.9. The number of nitrogens with zero attached hydrogens (tertiary/aromatic N) is 2. The van der Waals surface area contributed by atoms with Gasteiger partial charge in [-0.05, 0) is 30.0 Å². The third-order valence-corrected chi connectivity index (χ3v) is 4.02. The Hall–Kier alpha value is -1.85. The van der Waals surface area contributed by atoms with Crippen LogP contribution in [-0.4, -0.2) is 4.98 Å². The highest BCUT2D eigenvalue weighted by atomic mass is 35.5. The van der Waals surface area contributed by atoms with Gasteiger partial charge in [0.2, 0.25) is 0 Å². The first-order chi connectivity index (χ1) is 10.8. The quantitative estimate of drug-likeness (QED) is 0.499. The van der Waals surface area contributed by atoms with Crippen molar-refractivity contribution in [2.45, 2.75) is 44.9 Å². The second-order valence-electron chi connectivity index (χ2n) is 5.46. The highest BCUT2D eigenvalue weighted by molar-refractivity contribution is 6.29. The average Bonchev–Trinajstić information content (AvgIpc) is 2.55. The van der Waals surface area contributed by atoms with Crippen LogP contribution in [0.1, 0.15) is 55.3 Å². The molecule has 0 saturated heterocycles. The Bertz CT molecular complexity index is 632. The van der Waals surface area contributed by atoms with E-state index in [0.29, 0.717) is 5.15 Å². The van der Waals surface area contributed by atoms with Crippen molar-refractivity contribution >= 4 is 11.6 Å². The van der Waals surface area contributed by atoms with E-state index in [1.54, 1.807) is 0 Å². The van der Waals surface area contributed by atoms with Gasteiger partial charge in [0.15, 0.2) is 0 Å². The van der Waals surface area contributed by atoms with E-state index in [0.717, 1.165) is 29.7 Å². The van der Waals surface area contributed by atoms with E-state index in [-0.39, 0.29) is 5.92 Å². The Morgan fingerprint density at radius 1 is 1.09 bits per heavy atom. The van der Waals surface area contributed by atoms with Crippen LogP contribution in [0.25, 0.3) is 0 Å². The predicted molar refractivity (Wildman–Crippen MR) is 91.0 cm³/mol. The molecule has 0 radical (unpaired) electrons. The highest BCUT2D eigenvalue weighted by Gasteiger charge is 2.19. The van der Waals surface area contributed by atoms with E-state index < -0.39 is 0 Å². The van der Waals surface area contributed by atoms with Crippen LogP contribution in [0.2, 0.25) is 5.15 Å². The molecule has 2 rings (SSSR count). The molecule has 1 atom stereocenters. The summed E-state index contributed by atoms with van der Waals surface area (Å²) in [5.41, 5.74) is 2.91. The Balaban J connectivity index is 2.27. The summed E-state index contributed by atoms with van der Waals surface area (Å²) in [6.45, 7) is 2.20. The molecule has 2 aromatic rings. The van der Waals surface area contributed by atoms with Gasteiger partial charge in [-0.15, -0.1) is 0 Å². The molecular formula is C19H21ClN2. The summed E-state index contributed by atoms with van der Waals surface area (Å²) in [6, 6.07) is 16.0. The van der Waals surface area contributed by atoms with Gasteiger partial charge in [0, 0.05) is 0 Å². The number of nitriles is 1. The Morgan fingerprint density at radius 2 is 1.86 bits per heavy atom. The van der Waals surface area contributed by atoms with Crippen LogP contribution in [0.15, 0.2) is 42.5 Å². The lowest BCUT2D eigenvalue weighted by Crippen LogP contribution is -2.06. The van der Waals surface area contributed by atoms with Crippen LogP contribution in [0.5, 0.6) is 0 Å². The normalized spacial score (nSPS) is 11.9. The Labute approximate surface area is 137 Å². The largest absolute Gasteiger partial charge is 0.239 e. The van der Waals surface area contributed by atoms with Crippen LogP contribution in [0.3, 0.4) is 0 Å². The standard InChI is InChI=1S/C19H21ClN2/c1-2-3-4-6-11-16-12-13-18(20)22-19(16)17(14-21)15-9-7-5-8-10-15/h5,7-10,12-13,17H,2-4,6,11H2,1H3. The number of unbranched alkanes of at least 4 members (excludes halogenated alkanes) is 3. The molecule has 0 aliphatic heterocycles. The van der Waals surface area contributed by atoms with Crippen molar-refractivity contribution in [3.8, 4) is 6.07 Å². The summed E-state index contributed by atoms with van der Waals surface area (Å²) in [7, 11) is 0.